The Labute approximate surface area is 157 Å². The maximum Gasteiger partial charge on any atom is 0.255 e. The van der Waals surface area contributed by atoms with Gasteiger partial charge in [0.2, 0.25) is 5.91 Å². The van der Waals surface area contributed by atoms with E-state index < -0.39 is 5.54 Å². The smallest absolute Gasteiger partial charge is 0.255 e. The molecular formula is C20H22N4O3. The third-order valence-electron chi connectivity index (χ3n) is 4.67. The van der Waals surface area contributed by atoms with Crippen LogP contribution >= 0.6 is 0 Å². The molecule has 3 rings (SSSR count). The summed E-state index contributed by atoms with van der Waals surface area (Å²) in [4.78, 5) is 30.5. The summed E-state index contributed by atoms with van der Waals surface area (Å²) >= 11 is 0. The van der Waals surface area contributed by atoms with Gasteiger partial charge in [-0.1, -0.05) is 12.1 Å². The van der Waals surface area contributed by atoms with Crippen LogP contribution in [0.2, 0.25) is 0 Å². The Morgan fingerprint density at radius 3 is 2.59 bits per heavy atom. The Hall–Kier alpha value is -3.35. The first-order valence-corrected chi connectivity index (χ1v) is 8.50. The lowest BCUT2D eigenvalue weighted by Gasteiger charge is -2.33. The van der Waals surface area contributed by atoms with Gasteiger partial charge in [0.15, 0.2) is 5.96 Å². The lowest BCUT2D eigenvalue weighted by atomic mass is 9.87. The van der Waals surface area contributed by atoms with Gasteiger partial charge in [0, 0.05) is 18.3 Å². The Kier molecular flexibility index (Phi) is 4.85. The molecule has 27 heavy (non-hydrogen) atoms. The molecule has 1 aliphatic rings. The number of hydrogen-bond donors (Lipinski definition) is 2. The molecule has 0 bridgehead atoms. The van der Waals surface area contributed by atoms with Crippen LogP contribution in [-0.4, -0.2) is 36.8 Å². The van der Waals surface area contributed by atoms with E-state index in [0.717, 1.165) is 5.56 Å². The number of carbonyl (C=O) groups is 2. The number of anilines is 1. The first-order chi connectivity index (χ1) is 12.8. The SMILES string of the molecule is COc1ccc(C(=O)Nc2cccc(C3(C)CC(=O)N(C)C(N)=N3)c2)cc1. The average molecular weight is 366 g/mol. The minimum atomic E-state index is -0.769. The molecule has 0 aromatic heterocycles. The molecule has 0 saturated carbocycles. The number of rotatable bonds is 4. The van der Waals surface area contributed by atoms with Crippen molar-refractivity contribution < 1.29 is 14.3 Å². The molecular weight excluding hydrogens is 344 g/mol. The summed E-state index contributed by atoms with van der Waals surface area (Å²) in [7, 11) is 3.18. The maximum absolute atomic E-state index is 12.5. The van der Waals surface area contributed by atoms with Crippen LogP contribution in [0.15, 0.2) is 53.5 Å². The van der Waals surface area contributed by atoms with Crippen molar-refractivity contribution >= 4 is 23.5 Å². The van der Waals surface area contributed by atoms with Gasteiger partial charge in [0.05, 0.1) is 19.1 Å². The number of carbonyl (C=O) groups excluding carboxylic acids is 2. The second-order valence-corrected chi connectivity index (χ2v) is 6.64. The highest BCUT2D eigenvalue weighted by Gasteiger charge is 2.36. The second kappa shape index (κ2) is 7.11. The molecule has 1 unspecified atom stereocenters. The number of ether oxygens (including phenoxy) is 1. The number of benzene rings is 2. The van der Waals surface area contributed by atoms with Gasteiger partial charge < -0.3 is 15.8 Å². The molecule has 0 fully saturated rings. The van der Waals surface area contributed by atoms with Crippen LogP contribution in [0.25, 0.3) is 0 Å². The molecule has 7 heteroatoms. The van der Waals surface area contributed by atoms with Crippen LogP contribution in [0.1, 0.15) is 29.3 Å². The Morgan fingerprint density at radius 1 is 1.26 bits per heavy atom. The highest BCUT2D eigenvalue weighted by molar-refractivity contribution is 6.04. The molecule has 7 nitrogen and oxygen atoms in total. The fourth-order valence-corrected chi connectivity index (χ4v) is 2.95. The summed E-state index contributed by atoms with van der Waals surface area (Å²) in [5, 5.41) is 2.87. The lowest BCUT2D eigenvalue weighted by Crippen LogP contribution is -2.47. The summed E-state index contributed by atoms with van der Waals surface area (Å²) in [6, 6.07) is 14.1. The van der Waals surface area contributed by atoms with Crippen LogP contribution < -0.4 is 15.8 Å². The zero-order valence-electron chi connectivity index (χ0n) is 15.5. The number of guanidine groups is 1. The van der Waals surface area contributed by atoms with E-state index in [9.17, 15) is 9.59 Å². The number of aliphatic imine (C=N–C) groups is 1. The zero-order chi connectivity index (χ0) is 19.6. The first-order valence-electron chi connectivity index (χ1n) is 8.50. The molecule has 1 heterocycles. The van der Waals surface area contributed by atoms with Gasteiger partial charge in [0.25, 0.3) is 5.91 Å². The topological polar surface area (TPSA) is 97.0 Å². The van der Waals surface area contributed by atoms with Crippen LogP contribution in [0.5, 0.6) is 5.75 Å². The highest BCUT2D eigenvalue weighted by Crippen LogP contribution is 2.34. The van der Waals surface area contributed by atoms with Gasteiger partial charge in [-0.3, -0.25) is 14.5 Å². The first kappa shape index (κ1) is 18.4. The van der Waals surface area contributed by atoms with Crippen molar-refractivity contribution in [3.8, 4) is 5.75 Å². The number of nitrogens with zero attached hydrogens (tertiary/aromatic N) is 2. The Bertz CT molecular complexity index is 908. The van der Waals surface area contributed by atoms with Gasteiger partial charge in [-0.15, -0.1) is 0 Å². The summed E-state index contributed by atoms with van der Waals surface area (Å²) in [6.07, 6.45) is 0.208. The number of hydrogen-bond acceptors (Lipinski definition) is 5. The van der Waals surface area contributed by atoms with Crippen molar-refractivity contribution in [2.24, 2.45) is 10.7 Å². The van der Waals surface area contributed by atoms with E-state index in [-0.39, 0.29) is 24.2 Å². The monoisotopic (exact) mass is 366 g/mol. The summed E-state index contributed by atoms with van der Waals surface area (Å²) in [5.41, 5.74) is 7.05. The Balaban J connectivity index is 1.83. The van der Waals surface area contributed by atoms with Crippen LogP contribution in [0.3, 0.4) is 0 Å². The van der Waals surface area contributed by atoms with Crippen LogP contribution in [0, 0.1) is 0 Å². The average Bonchev–Trinajstić information content (AvgIpc) is 2.66. The predicted octanol–water partition coefficient (Wildman–Crippen LogP) is 2.34. The van der Waals surface area contributed by atoms with E-state index in [1.807, 2.05) is 25.1 Å². The predicted molar refractivity (Wildman–Crippen MR) is 104 cm³/mol. The molecule has 0 radical (unpaired) electrons. The van der Waals surface area contributed by atoms with Crippen molar-refractivity contribution in [2.75, 3.05) is 19.5 Å². The van der Waals surface area contributed by atoms with Crippen LogP contribution in [-0.2, 0) is 10.3 Å². The van der Waals surface area contributed by atoms with Crippen molar-refractivity contribution in [3.63, 3.8) is 0 Å². The minimum Gasteiger partial charge on any atom is -0.497 e. The van der Waals surface area contributed by atoms with E-state index in [2.05, 4.69) is 10.3 Å². The quantitative estimate of drug-likeness (QED) is 0.868. The molecule has 2 aromatic carbocycles. The highest BCUT2D eigenvalue weighted by atomic mass is 16.5. The summed E-state index contributed by atoms with van der Waals surface area (Å²) in [5.74, 6) is 0.533. The fraction of sp³-hybridized carbons (Fsp3) is 0.250. The van der Waals surface area contributed by atoms with Crippen molar-refractivity contribution in [1.82, 2.24) is 4.90 Å². The summed E-state index contributed by atoms with van der Waals surface area (Å²) in [6.45, 7) is 1.86. The van der Waals surface area contributed by atoms with E-state index in [0.29, 0.717) is 17.0 Å². The molecule has 140 valence electrons. The van der Waals surface area contributed by atoms with E-state index in [1.165, 1.54) is 4.90 Å². The van der Waals surface area contributed by atoms with Crippen molar-refractivity contribution in [2.45, 2.75) is 18.9 Å². The lowest BCUT2D eigenvalue weighted by molar-refractivity contribution is -0.128. The van der Waals surface area contributed by atoms with Crippen LogP contribution in [0.4, 0.5) is 5.69 Å². The molecule has 2 amide bonds. The van der Waals surface area contributed by atoms with E-state index >= 15 is 0 Å². The number of nitrogens with one attached hydrogen (secondary N) is 1. The van der Waals surface area contributed by atoms with Gasteiger partial charge in [-0.2, -0.15) is 0 Å². The minimum absolute atomic E-state index is 0.0994. The van der Waals surface area contributed by atoms with Gasteiger partial charge in [-0.05, 0) is 48.9 Å². The molecule has 1 atom stereocenters. The largest absolute Gasteiger partial charge is 0.497 e. The van der Waals surface area contributed by atoms with E-state index in [1.54, 1.807) is 44.5 Å². The fourth-order valence-electron chi connectivity index (χ4n) is 2.95. The number of methoxy groups -OCH3 is 1. The van der Waals surface area contributed by atoms with Gasteiger partial charge in [-0.25, -0.2) is 4.99 Å². The summed E-state index contributed by atoms with van der Waals surface area (Å²) < 4.78 is 5.10. The third kappa shape index (κ3) is 3.76. The third-order valence-corrected chi connectivity index (χ3v) is 4.67. The number of nitrogens with two attached hydrogens (primary N) is 1. The van der Waals surface area contributed by atoms with Gasteiger partial charge >= 0.3 is 0 Å². The standard InChI is InChI=1S/C20H22N4O3/c1-20(12-17(25)24(2)19(21)23-20)14-5-4-6-15(11-14)22-18(26)13-7-9-16(27-3)10-8-13/h4-11H,12H2,1-3H3,(H2,21,23)(H,22,26). The second-order valence-electron chi connectivity index (χ2n) is 6.64. The molecule has 3 N–H and O–H groups in total. The van der Waals surface area contributed by atoms with Crippen molar-refractivity contribution in [3.05, 3.63) is 59.7 Å². The van der Waals surface area contributed by atoms with Gasteiger partial charge in [0.1, 0.15) is 5.75 Å². The van der Waals surface area contributed by atoms with Crippen molar-refractivity contribution in [1.29, 1.82) is 0 Å². The molecule has 2 aromatic rings. The zero-order valence-corrected chi connectivity index (χ0v) is 15.5. The molecule has 1 aliphatic heterocycles. The maximum atomic E-state index is 12.5. The molecule has 0 spiro atoms. The molecule has 0 saturated heterocycles. The molecule has 0 aliphatic carbocycles. The van der Waals surface area contributed by atoms with E-state index in [4.69, 9.17) is 10.5 Å². The number of amides is 2. The Morgan fingerprint density at radius 2 is 1.96 bits per heavy atom. The normalized spacial score (nSPS) is 19.4.